The van der Waals surface area contributed by atoms with Crippen LogP contribution in [0, 0.1) is 0 Å². The van der Waals surface area contributed by atoms with Gasteiger partial charge in [-0.3, -0.25) is 0 Å². The van der Waals surface area contributed by atoms with Crippen molar-refractivity contribution in [2.75, 3.05) is 0 Å². The molecule has 0 aliphatic carbocycles. The van der Waals surface area contributed by atoms with Crippen molar-refractivity contribution in [1.29, 1.82) is 0 Å². The summed E-state index contributed by atoms with van der Waals surface area (Å²) in [6.45, 7) is 2.00. The Morgan fingerprint density at radius 1 is 1.29 bits per heavy atom. The SMILES string of the molecule is CCC1C=C(c2ccccc2)C(=O)O1. The third-order valence-electron chi connectivity index (χ3n) is 2.32. The van der Waals surface area contributed by atoms with Gasteiger partial charge in [0.25, 0.3) is 0 Å². The van der Waals surface area contributed by atoms with E-state index in [9.17, 15) is 4.79 Å². The lowest BCUT2D eigenvalue weighted by atomic mass is 10.1. The molecular formula is C12H12O2. The van der Waals surface area contributed by atoms with E-state index in [4.69, 9.17) is 4.74 Å². The van der Waals surface area contributed by atoms with Crippen LogP contribution in [0.1, 0.15) is 18.9 Å². The fourth-order valence-corrected chi connectivity index (χ4v) is 1.52. The van der Waals surface area contributed by atoms with E-state index in [1.54, 1.807) is 0 Å². The van der Waals surface area contributed by atoms with E-state index >= 15 is 0 Å². The molecule has 0 saturated heterocycles. The molecule has 0 N–H and O–H groups in total. The van der Waals surface area contributed by atoms with E-state index in [0.717, 1.165) is 12.0 Å². The van der Waals surface area contributed by atoms with E-state index in [2.05, 4.69) is 0 Å². The maximum Gasteiger partial charge on any atom is 0.339 e. The van der Waals surface area contributed by atoms with Crippen molar-refractivity contribution in [3.05, 3.63) is 42.0 Å². The normalized spacial score (nSPS) is 20.5. The zero-order valence-corrected chi connectivity index (χ0v) is 8.07. The van der Waals surface area contributed by atoms with Crippen molar-refractivity contribution in [3.63, 3.8) is 0 Å². The predicted molar refractivity (Wildman–Crippen MR) is 54.6 cm³/mol. The highest BCUT2D eigenvalue weighted by Gasteiger charge is 2.24. The van der Waals surface area contributed by atoms with Gasteiger partial charge in [-0.25, -0.2) is 4.79 Å². The van der Waals surface area contributed by atoms with Crippen LogP contribution in [0.5, 0.6) is 0 Å². The maximum absolute atomic E-state index is 11.5. The fraction of sp³-hybridized carbons (Fsp3) is 0.250. The molecule has 2 rings (SSSR count). The van der Waals surface area contributed by atoms with Gasteiger partial charge >= 0.3 is 5.97 Å². The van der Waals surface area contributed by atoms with Crippen molar-refractivity contribution in [2.24, 2.45) is 0 Å². The van der Waals surface area contributed by atoms with Crippen molar-refractivity contribution >= 4 is 11.5 Å². The minimum absolute atomic E-state index is 0.0438. The molecule has 0 radical (unpaired) electrons. The second kappa shape index (κ2) is 3.66. The highest BCUT2D eigenvalue weighted by molar-refractivity contribution is 6.18. The molecule has 1 atom stereocenters. The summed E-state index contributed by atoms with van der Waals surface area (Å²) in [4.78, 5) is 11.5. The quantitative estimate of drug-likeness (QED) is 0.666. The molecule has 72 valence electrons. The van der Waals surface area contributed by atoms with Crippen LogP contribution in [-0.4, -0.2) is 12.1 Å². The summed E-state index contributed by atoms with van der Waals surface area (Å²) >= 11 is 0. The van der Waals surface area contributed by atoms with Gasteiger partial charge in [-0.2, -0.15) is 0 Å². The molecule has 1 unspecified atom stereocenters. The van der Waals surface area contributed by atoms with Crippen LogP contribution in [-0.2, 0) is 9.53 Å². The number of ether oxygens (including phenoxy) is 1. The zero-order valence-electron chi connectivity index (χ0n) is 8.07. The molecule has 1 aromatic rings. The molecule has 0 spiro atoms. The van der Waals surface area contributed by atoms with Crippen LogP contribution >= 0.6 is 0 Å². The van der Waals surface area contributed by atoms with Crippen molar-refractivity contribution in [3.8, 4) is 0 Å². The number of benzene rings is 1. The first kappa shape index (κ1) is 9.00. The zero-order chi connectivity index (χ0) is 9.97. The van der Waals surface area contributed by atoms with Crippen LogP contribution in [0.15, 0.2) is 36.4 Å². The number of cyclic esters (lactones) is 1. The third-order valence-corrected chi connectivity index (χ3v) is 2.32. The number of rotatable bonds is 2. The van der Waals surface area contributed by atoms with Crippen LogP contribution in [0.4, 0.5) is 0 Å². The van der Waals surface area contributed by atoms with E-state index < -0.39 is 0 Å². The average Bonchev–Trinajstić information content (AvgIpc) is 2.61. The molecule has 1 aliphatic rings. The van der Waals surface area contributed by atoms with Gasteiger partial charge in [0.05, 0.1) is 5.57 Å². The lowest BCUT2D eigenvalue weighted by Crippen LogP contribution is -2.06. The van der Waals surface area contributed by atoms with E-state index in [-0.39, 0.29) is 12.1 Å². The molecule has 0 aromatic heterocycles. The first-order valence-electron chi connectivity index (χ1n) is 4.79. The standard InChI is InChI=1S/C12H12O2/c1-2-10-8-11(12(13)14-10)9-6-4-3-5-7-9/h3-8,10H,2H2,1H3. The summed E-state index contributed by atoms with van der Waals surface area (Å²) in [6.07, 6.45) is 2.69. The summed E-state index contributed by atoms with van der Waals surface area (Å²) < 4.78 is 5.15. The summed E-state index contributed by atoms with van der Waals surface area (Å²) in [5.74, 6) is -0.206. The van der Waals surface area contributed by atoms with Crippen molar-refractivity contribution < 1.29 is 9.53 Å². The van der Waals surface area contributed by atoms with Gasteiger partial charge in [0.1, 0.15) is 6.10 Å². The maximum atomic E-state index is 11.5. The Labute approximate surface area is 83.2 Å². The van der Waals surface area contributed by atoms with Crippen LogP contribution in [0.3, 0.4) is 0 Å². The molecule has 14 heavy (non-hydrogen) atoms. The fourth-order valence-electron chi connectivity index (χ4n) is 1.52. The summed E-state index contributed by atoms with van der Waals surface area (Å²) in [5.41, 5.74) is 1.63. The smallest absolute Gasteiger partial charge is 0.339 e. The van der Waals surface area contributed by atoms with Crippen LogP contribution in [0.2, 0.25) is 0 Å². The highest BCUT2D eigenvalue weighted by atomic mass is 16.5. The summed E-state index contributed by atoms with van der Waals surface area (Å²) in [5, 5.41) is 0. The molecule has 0 saturated carbocycles. The summed E-state index contributed by atoms with van der Waals surface area (Å²) in [6, 6.07) is 9.61. The van der Waals surface area contributed by atoms with Gasteiger partial charge in [0.2, 0.25) is 0 Å². The third kappa shape index (κ3) is 1.55. The Balaban J connectivity index is 2.31. The van der Waals surface area contributed by atoms with Crippen LogP contribution < -0.4 is 0 Å². The van der Waals surface area contributed by atoms with Gasteiger partial charge in [-0.1, -0.05) is 37.3 Å². The first-order chi connectivity index (χ1) is 6.81. The second-order valence-electron chi connectivity index (χ2n) is 3.30. The molecule has 1 heterocycles. The molecular weight excluding hydrogens is 176 g/mol. The molecule has 0 amide bonds. The van der Waals surface area contributed by atoms with E-state index in [0.29, 0.717) is 5.57 Å². The Bertz CT molecular complexity index is 365. The van der Waals surface area contributed by atoms with Crippen molar-refractivity contribution in [1.82, 2.24) is 0 Å². The van der Waals surface area contributed by atoms with Crippen LogP contribution in [0.25, 0.3) is 5.57 Å². The Morgan fingerprint density at radius 3 is 2.57 bits per heavy atom. The number of esters is 1. The predicted octanol–water partition coefficient (Wildman–Crippen LogP) is 2.41. The Kier molecular flexibility index (Phi) is 2.35. The number of carbonyl (C=O) groups is 1. The lowest BCUT2D eigenvalue weighted by Gasteiger charge is -2.02. The molecule has 0 bridgehead atoms. The summed E-state index contributed by atoms with van der Waals surface area (Å²) in [7, 11) is 0. The van der Waals surface area contributed by atoms with Gasteiger partial charge in [-0.05, 0) is 18.1 Å². The Hall–Kier alpha value is -1.57. The minimum atomic E-state index is -0.206. The molecule has 1 aromatic carbocycles. The monoisotopic (exact) mass is 188 g/mol. The largest absolute Gasteiger partial charge is 0.455 e. The molecule has 0 fully saturated rings. The highest BCUT2D eigenvalue weighted by Crippen LogP contribution is 2.24. The van der Waals surface area contributed by atoms with E-state index in [1.807, 2.05) is 43.3 Å². The number of hydrogen-bond donors (Lipinski definition) is 0. The Morgan fingerprint density at radius 2 is 2.00 bits per heavy atom. The van der Waals surface area contributed by atoms with Gasteiger partial charge in [0.15, 0.2) is 0 Å². The van der Waals surface area contributed by atoms with E-state index in [1.165, 1.54) is 0 Å². The number of hydrogen-bond acceptors (Lipinski definition) is 2. The molecule has 2 nitrogen and oxygen atoms in total. The average molecular weight is 188 g/mol. The van der Waals surface area contributed by atoms with Gasteiger partial charge < -0.3 is 4.74 Å². The minimum Gasteiger partial charge on any atom is -0.455 e. The second-order valence-corrected chi connectivity index (χ2v) is 3.30. The molecule has 2 heteroatoms. The van der Waals surface area contributed by atoms with Crippen molar-refractivity contribution in [2.45, 2.75) is 19.4 Å². The lowest BCUT2D eigenvalue weighted by molar-refractivity contribution is -0.137. The molecule has 1 aliphatic heterocycles. The van der Waals surface area contributed by atoms with Gasteiger partial charge in [-0.15, -0.1) is 0 Å². The van der Waals surface area contributed by atoms with Gasteiger partial charge in [0, 0.05) is 0 Å². The number of carbonyl (C=O) groups excluding carboxylic acids is 1. The first-order valence-corrected chi connectivity index (χ1v) is 4.79. The topological polar surface area (TPSA) is 26.3 Å².